The molecule has 0 aromatic carbocycles. The lowest BCUT2D eigenvalue weighted by Gasteiger charge is -2.29. The van der Waals surface area contributed by atoms with Gasteiger partial charge >= 0.3 is 5.97 Å². The standard InChI is InChI=1S/C16H22N2O4S/c1-21-16(20)15-11(6-9-23-15)17-14(19)10-18-7-3-8-22-13-5-2-4-12(13)18/h6,9,12-13H,2-5,7-8,10H2,1H3,(H,17,19)/t12-,13-/m1/s1. The summed E-state index contributed by atoms with van der Waals surface area (Å²) in [6.07, 6.45) is 4.54. The van der Waals surface area contributed by atoms with E-state index in [0.717, 1.165) is 38.8 Å². The Morgan fingerprint density at radius 2 is 2.30 bits per heavy atom. The van der Waals surface area contributed by atoms with E-state index in [-0.39, 0.29) is 12.0 Å². The van der Waals surface area contributed by atoms with E-state index in [1.165, 1.54) is 18.4 Å². The SMILES string of the molecule is COC(=O)c1sccc1NC(=O)CN1CCCO[C@@H]2CCC[C@H]21. The van der Waals surface area contributed by atoms with Crippen molar-refractivity contribution in [2.75, 3.05) is 32.1 Å². The lowest BCUT2D eigenvalue weighted by atomic mass is 10.1. The van der Waals surface area contributed by atoms with Crippen molar-refractivity contribution in [3.05, 3.63) is 16.3 Å². The average molecular weight is 338 g/mol. The number of nitrogens with zero attached hydrogens (tertiary/aromatic N) is 1. The second kappa shape index (κ2) is 7.42. The van der Waals surface area contributed by atoms with Crippen LogP contribution in [0.5, 0.6) is 0 Å². The van der Waals surface area contributed by atoms with Gasteiger partial charge in [-0.2, -0.15) is 0 Å². The first-order chi connectivity index (χ1) is 11.2. The number of carbonyl (C=O) groups is 2. The van der Waals surface area contributed by atoms with Gasteiger partial charge in [0.1, 0.15) is 4.88 Å². The van der Waals surface area contributed by atoms with Crippen LogP contribution in [0.1, 0.15) is 35.4 Å². The predicted octanol–water partition coefficient (Wildman–Crippen LogP) is 2.12. The van der Waals surface area contributed by atoms with Crippen molar-refractivity contribution >= 4 is 28.9 Å². The fraction of sp³-hybridized carbons (Fsp3) is 0.625. The molecule has 1 amide bonds. The fourth-order valence-corrected chi connectivity index (χ4v) is 4.18. The summed E-state index contributed by atoms with van der Waals surface area (Å²) >= 11 is 1.27. The van der Waals surface area contributed by atoms with Crippen molar-refractivity contribution in [3.63, 3.8) is 0 Å². The van der Waals surface area contributed by atoms with Gasteiger partial charge in [-0.25, -0.2) is 4.79 Å². The molecule has 1 saturated carbocycles. The molecule has 2 aliphatic rings. The highest BCUT2D eigenvalue weighted by atomic mass is 32.1. The van der Waals surface area contributed by atoms with E-state index in [2.05, 4.69) is 10.2 Å². The first kappa shape index (κ1) is 16.4. The number of esters is 1. The number of nitrogens with one attached hydrogen (secondary N) is 1. The number of fused-ring (bicyclic) bond motifs is 1. The third-order valence-corrected chi connectivity index (χ3v) is 5.36. The van der Waals surface area contributed by atoms with Gasteiger partial charge in [0.05, 0.1) is 25.4 Å². The highest BCUT2D eigenvalue weighted by molar-refractivity contribution is 7.12. The molecule has 0 radical (unpaired) electrons. The fourth-order valence-electron chi connectivity index (χ4n) is 3.42. The van der Waals surface area contributed by atoms with E-state index < -0.39 is 5.97 Å². The zero-order valence-electron chi connectivity index (χ0n) is 13.2. The van der Waals surface area contributed by atoms with Gasteiger partial charge in [0, 0.05) is 19.2 Å². The maximum atomic E-state index is 12.4. The highest BCUT2D eigenvalue weighted by Gasteiger charge is 2.35. The Labute approximate surface area is 139 Å². The van der Waals surface area contributed by atoms with E-state index in [1.807, 2.05) is 0 Å². The lowest BCUT2D eigenvalue weighted by Crippen LogP contribution is -2.44. The van der Waals surface area contributed by atoms with Crippen LogP contribution in [0.25, 0.3) is 0 Å². The van der Waals surface area contributed by atoms with Gasteiger partial charge in [0.15, 0.2) is 0 Å². The Balaban J connectivity index is 1.62. The quantitative estimate of drug-likeness (QED) is 0.852. The monoisotopic (exact) mass is 338 g/mol. The van der Waals surface area contributed by atoms with Crippen LogP contribution < -0.4 is 5.32 Å². The number of carbonyl (C=O) groups excluding carboxylic acids is 2. The molecular formula is C16H22N2O4S. The van der Waals surface area contributed by atoms with Crippen LogP contribution in [0.4, 0.5) is 5.69 Å². The Hall–Kier alpha value is -1.44. The number of anilines is 1. The molecule has 1 aliphatic heterocycles. The first-order valence-electron chi connectivity index (χ1n) is 8.00. The second-order valence-electron chi connectivity index (χ2n) is 5.93. The van der Waals surface area contributed by atoms with Crippen molar-refractivity contribution in [2.45, 2.75) is 37.8 Å². The van der Waals surface area contributed by atoms with Crippen LogP contribution in [0, 0.1) is 0 Å². The minimum Gasteiger partial charge on any atom is -0.465 e. The number of hydrogen-bond acceptors (Lipinski definition) is 6. The number of methoxy groups -OCH3 is 1. The molecule has 2 heterocycles. The van der Waals surface area contributed by atoms with E-state index >= 15 is 0 Å². The number of ether oxygens (including phenoxy) is 2. The smallest absolute Gasteiger partial charge is 0.350 e. The number of hydrogen-bond donors (Lipinski definition) is 1. The van der Waals surface area contributed by atoms with E-state index in [0.29, 0.717) is 23.2 Å². The van der Waals surface area contributed by atoms with Crippen LogP contribution in [0.15, 0.2) is 11.4 Å². The maximum Gasteiger partial charge on any atom is 0.350 e. The predicted molar refractivity (Wildman–Crippen MR) is 87.9 cm³/mol. The van der Waals surface area contributed by atoms with Crippen LogP contribution in [0.3, 0.4) is 0 Å². The summed E-state index contributed by atoms with van der Waals surface area (Å²) < 4.78 is 10.6. The topological polar surface area (TPSA) is 67.9 Å². The van der Waals surface area contributed by atoms with Crippen LogP contribution in [-0.2, 0) is 14.3 Å². The molecule has 1 saturated heterocycles. The molecule has 126 valence electrons. The molecule has 23 heavy (non-hydrogen) atoms. The van der Waals surface area contributed by atoms with Gasteiger partial charge < -0.3 is 14.8 Å². The summed E-state index contributed by atoms with van der Waals surface area (Å²) in [7, 11) is 1.34. The van der Waals surface area contributed by atoms with Gasteiger partial charge in [-0.3, -0.25) is 9.69 Å². The molecular weight excluding hydrogens is 316 g/mol. The average Bonchev–Trinajstić information content (AvgIpc) is 3.15. The molecule has 2 fully saturated rings. The van der Waals surface area contributed by atoms with Crippen LogP contribution in [-0.4, -0.2) is 55.7 Å². The maximum absolute atomic E-state index is 12.4. The van der Waals surface area contributed by atoms with Crippen molar-refractivity contribution < 1.29 is 19.1 Å². The van der Waals surface area contributed by atoms with E-state index in [1.54, 1.807) is 11.4 Å². The summed E-state index contributed by atoms with van der Waals surface area (Å²) in [6, 6.07) is 2.07. The summed E-state index contributed by atoms with van der Waals surface area (Å²) in [6.45, 7) is 1.99. The zero-order valence-corrected chi connectivity index (χ0v) is 14.1. The van der Waals surface area contributed by atoms with Gasteiger partial charge in [0.2, 0.25) is 5.91 Å². The molecule has 1 aromatic rings. The Morgan fingerprint density at radius 1 is 1.43 bits per heavy atom. The summed E-state index contributed by atoms with van der Waals surface area (Å²) in [5.74, 6) is -0.518. The minimum atomic E-state index is -0.422. The van der Waals surface area contributed by atoms with E-state index in [4.69, 9.17) is 9.47 Å². The van der Waals surface area contributed by atoms with Crippen molar-refractivity contribution in [1.82, 2.24) is 4.90 Å². The second-order valence-corrected chi connectivity index (χ2v) is 6.85. The van der Waals surface area contributed by atoms with Crippen molar-refractivity contribution in [3.8, 4) is 0 Å². The third kappa shape index (κ3) is 3.73. The molecule has 0 bridgehead atoms. The Morgan fingerprint density at radius 3 is 3.13 bits per heavy atom. The molecule has 0 spiro atoms. The molecule has 1 N–H and O–H groups in total. The molecule has 1 aliphatic carbocycles. The zero-order chi connectivity index (χ0) is 16.2. The van der Waals surface area contributed by atoms with Crippen molar-refractivity contribution in [2.24, 2.45) is 0 Å². The van der Waals surface area contributed by atoms with Gasteiger partial charge in [0.25, 0.3) is 0 Å². The molecule has 0 unspecified atom stereocenters. The highest BCUT2D eigenvalue weighted by Crippen LogP contribution is 2.29. The van der Waals surface area contributed by atoms with Gasteiger partial charge in [-0.15, -0.1) is 11.3 Å². The summed E-state index contributed by atoms with van der Waals surface area (Å²) in [5, 5.41) is 4.61. The summed E-state index contributed by atoms with van der Waals surface area (Å²) in [5.41, 5.74) is 0.529. The Kier molecular flexibility index (Phi) is 5.30. The molecule has 1 aromatic heterocycles. The number of thiophene rings is 1. The molecule has 3 rings (SSSR count). The molecule has 2 atom stereocenters. The van der Waals surface area contributed by atoms with Gasteiger partial charge in [-0.1, -0.05) is 0 Å². The number of amides is 1. The van der Waals surface area contributed by atoms with Crippen LogP contribution in [0.2, 0.25) is 0 Å². The van der Waals surface area contributed by atoms with E-state index in [9.17, 15) is 9.59 Å². The first-order valence-corrected chi connectivity index (χ1v) is 8.88. The lowest BCUT2D eigenvalue weighted by molar-refractivity contribution is -0.118. The minimum absolute atomic E-state index is 0.0962. The third-order valence-electron chi connectivity index (χ3n) is 4.47. The largest absolute Gasteiger partial charge is 0.465 e. The van der Waals surface area contributed by atoms with Crippen molar-refractivity contribution in [1.29, 1.82) is 0 Å². The molecule has 6 nitrogen and oxygen atoms in total. The molecule has 7 heteroatoms. The van der Waals surface area contributed by atoms with Crippen LogP contribution >= 0.6 is 11.3 Å². The Bertz CT molecular complexity index is 574. The summed E-state index contributed by atoms with van der Waals surface area (Å²) in [4.78, 5) is 26.7. The normalized spacial score (nSPS) is 24.7. The number of rotatable bonds is 4. The van der Waals surface area contributed by atoms with Gasteiger partial charge in [-0.05, 0) is 37.1 Å².